The number of benzene rings is 2. The fraction of sp³-hybridized carbons (Fsp3) is 0.231. The molecule has 3 N–H and O–H groups in total. The second kappa shape index (κ2) is 9.21. The van der Waals surface area contributed by atoms with Crippen LogP contribution in [0.4, 0.5) is 5.69 Å². The molecule has 1 fully saturated rings. The Hall–Kier alpha value is -3.42. The lowest BCUT2D eigenvalue weighted by molar-refractivity contribution is 0.0862. The highest BCUT2D eigenvalue weighted by Gasteiger charge is 2.23. The molecule has 1 aliphatic rings. The van der Waals surface area contributed by atoms with E-state index in [1.165, 1.54) is 11.3 Å². The zero-order chi connectivity index (χ0) is 22.8. The molecule has 33 heavy (non-hydrogen) atoms. The van der Waals surface area contributed by atoms with Crippen molar-refractivity contribution in [2.75, 3.05) is 26.0 Å². The monoisotopic (exact) mass is 459 g/mol. The molecule has 7 heteroatoms. The number of nitrogens with two attached hydrogens (primary N) is 1. The quantitative estimate of drug-likeness (QED) is 0.417. The Morgan fingerprint density at radius 1 is 1.18 bits per heavy atom. The molecule has 1 amide bonds. The first-order chi connectivity index (χ1) is 16.1. The van der Waals surface area contributed by atoms with Crippen molar-refractivity contribution in [3.8, 4) is 28.1 Å². The first-order valence-electron chi connectivity index (χ1n) is 11.0. The van der Waals surface area contributed by atoms with Crippen LogP contribution in [0.3, 0.4) is 0 Å². The average molecular weight is 460 g/mol. The molecule has 0 bridgehead atoms. The van der Waals surface area contributed by atoms with Gasteiger partial charge in [0, 0.05) is 24.1 Å². The number of anilines is 1. The predicted molar refractivity (Wildman–Crippen MR) is 133 cm³/mol. The molecule has 1 atom stereocenters. The molecule has 0 spiro atoms. The average Bonchev–Trinajstić information content (AvgIpc) is 3.50. The molecule has 1 aliphatic heterocycles. The normalized spacial score (nSPS) is 15.6. The fourth-order valence-electron chi connectivity index (χ4n) is 4.14. The highest BCUT2D eigenvalue weighted by molar-refractivity contribution is 7.21. The number of hydrogen-bond donors (Lipinski definition) is 2. The summed E-state index contributed by atoms with van der Waals surface area (Å²) in [6.45, 7) is 1.24. The number of rotatable bonds is 6. The lowest BCUT2D eigenvalue weighted by Gasteiger charge is -2.11. The van der Waals surface area contributed by atoms with Gasteiger partial charge in [-0.1, -0.05) is 42.5 Å². The molecule has 3 heterocycles. The summed E-state index contributed by atoms with van der Waals surface area (Å²) in [6.07, 6.45) is 2.07. The van der Waals surface area contributed by atoms with Gasteiger partial charge in [0.05, 0.1) is 24.6 Å². The van der Waals surface area contributed by atoms with E-state index in [9.17, 15) is 4.79 Å². The van der Waals surface area contributed by atoms with E-state index in [0.717, 1.165) is 57.8 Å². The first kappa shape index (κ1) is 21.4. The molecule has 168 valence electrons. The van der Waals surface area contributed by atoms with Crippen LogP contribution in [0.1, 0.15) is 22.5 Å². The third-order valence-electron chi connectivity index (χ3n) is 5.89. The summed E-state index contributed by atoms with van der Waals surface area (Å²) in [5.41, 5.74) is 10.8. The van der Waals surface area contributed by atoms with Crippen molar-refractivity contribution in [3.05, 3.63) is 65.5 Å². The maximum absolute atomic E-state index is 13.0. The largest absolute Gasteiger partial charge is 0.497 e. The fourth-order valence-corrected chi connectivity index (χ4v) is 5.17. The third kappa shape index (κ3) is 4.29. The zero-order valence-electron chi connectivity index (χ0n) is 18.3. The summed E-state index contributed by atoms with van der Waals surface area (Å²) < 4.78 is 10.9. The number of fused-ring (bicyclic) bond motifs is 1. The van der Waals surface area contributed by atoms with Gasteiger partial charge >= 0.3 is 0 Å². The molecule has 0 radical (unpaired) electrons. The smallest absolute Gasteiger partial charge is 0.263 e. The first-order valence-corrected chi connectivity index (χ1v) is 11.8. The second-order valence-corrected chi connectivity index (χ2v) is 9.02. The predicted octanol–water partition coefficient (Wildman–Crippen LogP) is 5.13. The van der Waals surface area contributed by atoms with Gasteiger partial charge in [0.15, 0.2) is 0 Å². The number of aromatic nitrogens is 1. The van der Waals surface area contributed by atoms with Crippen molar-refractivity contribution in [3.63, 3.8) is 0 Å². The van der Waals surface area contributed by atoms with Gasteiger partial charge in [0.25, 0.3) is 5.91 Å². The van der Waals surface area contributed by atoms with Crippen LogP contribution in [0.15, 0.2) is 60.7 Å². The van der Waals surface area contributed by atoms with E-state index in [-0.39, 0.29) is 12.0 Å². The number of hydrogen-bond acceptors (Lipinski definition) is 6. The number of carbonyl (C=O) groups is 1. The SMILES string of the molecule is COc1ccc(-c2cc(-c3ccccc3)nc3sc(C(=O)NC[C@@H]4CCCO4)c(N)c23)cc1. The van der Waals surface area contributed by atoms with E-state index in [0.29, 0.717) is 17.1 Å². The third-order valence-corrected chi connectivity index (χ3v) is 6.99. The number of nitrogens with zero attached hydrogens (tertiary/aromatic N) is 1. The molecule has 2 aromatic carbocycles. The van der Waals surface area contributed by atoms with Crippen LogP contribution in [0.25, 0.3) is 32.6 Å². The van der Waals surface area contributed by atoms with Crippen LogP contribution in [-0.4, -0.2) is 37.3 Å². The molecule has 5 rings (SSSR count). The Labute approximate surface area is 196 Å². The Morgan fingerprint density at radius 2 is 1.97 bits per heavy atom. The van der Waals surface area contributed by atoms with Crippen molar-refractivity contribution in [2.24, 2.45) is 0 Å². The maximum Gasteiger partial charge on any atom is 0.263 e. The van der Waals surface area contributed by atoms with Crippen LogP contribution < -0.4 is 15.8 Å². The molecule has 0 saturated carbocycles. The van der Waals surface area contributed by atoms with Crippen molar-refractivity contribution in [1.82, 2.24) is 10.3 Å². The van der Waals surface area contributed by atoms with Crippen LogP contribution in [-0.2, 0) is 4.74 Å². The van der Waals surface area contributed by atoms with Crippen LogP contribution in [0.2, 0.25) is 0 Å². The minimum atomic E-state index is -0.187. The van der Waals surface area contributed by atoms with Gasteiger partial charge in [-0.05, 0) is 42.2 Å². The number of amides is 1. The number of pyridine rings is 1. The van der Waals surface area contributed by atoms with Gasteiger partial charge in [-0.3, -0.25) is 4.79 Å². The molecule has 4 aromatic rings. The van der Waals surface area contributed by atoms with E-state index in [4.69, 9.17) is 20.2 Å². The van der Waals surface area contributed by atoms with Crippen molar-refractivity contribution in [2.45, 2.75) is 18.9 Å². The number of methoxy groups -OCH3 is 1. The highest BCUT2D eigenvalue weighted by atomic mass is 32.1. The molecule has 0 aliphatic carbocycles. The zero-order valence-corrected chi connectivity index (χ0v) is 19.2. The van der Waals surface area contributed by atoms with Crippen LogP contribution >= 0.6 is 11.3 Å². The van der Waals surface area contributed by atoms with Crippen LogP contribution in [0.5, 0.6) is 5.75 Å². The second-order valence-electron chi connectivity index (χ2n) is 8.02. The standard InChI is InChI=1S/C26H25N3O3S/c1-31-18-11-9-16(10-12-18)20-14-21(17-6-3-2-4-7-17)29-26-22(20)23(27)24(33-26)25(30)28-15-19-8-5-13-32-19/h2-4,6-7,9-12,14,19H,5,8,13,15,27H2,1H3,(H,28,30)/t19-/m0/s1. The Bertz CT molecular complexity index is 1280. The molecule has 0 unspecified atom stereocenters. The molecular weight excluding hydrogens is 434 g/mol. The molecule has 1 saturated heterocycles. The minimum absolute atomic E-state index is 0.0715. The highest BCUT2D eigenvalue weighted by Crippen LogP contribution is 2.41. The number of carbonyl (C=O) groups excluding carboxylic acids is 1. The summed E-state index contributed by atoms with van der Waals surface area (Å²) in [4.78, 5) is 19.1. The van der Waals surface area contributed by atoms with Gasteiger partial charge in [0.2, 0.25) is 0 Å². The molecule has 2 aromatic heterocycles. The number of thiophene rings is 1. The Kier molecular flexibility index (Phi) is 5.98. The number of nitrogen functional groups attached to an aromatic ring is 1. The Balaban J connectivity index is 1.60. The lowest BCUT2D eigenvalue weighted by atomic mass is 9.99. The summed E-state index contributed by atoms with van der Waals surface area (Å²) in [5.74, 6) is 0.591. The molecular formula is C26H25N3O3S. The van der Waals surface area contributed by atoms with Gasteiger partial charge < -0.3 is 20.5 Å². The topological polar surface area (TPSA) is 86.5 Å². The summed E-state index contributed by atoms with van der Waals surface area (Å²) in [6, 6.07) is 19.9. The van der Waals surface area contributed by atoms with Crippen molar-refractivity contribution in [1.29, 1.82) is 0 Å². The lowest BCUT2D eigenvalue weighted by Crippen LogP contribution is -2.31. The van der Waals surface area contributed by atoms with E-state index in [2.05, 4.69) is 5.32 Å². The van der Waals surface area contributed by atoms with Crippen molar-refractivity contribution >= 4 is 33.1 Å². The number of ether oxygens (including phenoxy) is 2. The maximum atomic E-state index is 13.0. The molecule has 6 nitrogen and oxygen atoms in total. The minimum Gasteiger partial charge on any atom is -0.497 e. The van der Waals surface area contributed by atoms with Gasteiger partial charge in [-0.25, -0.2) is 4.98 Å². The van der Waals surface area contributed by atoms with E-state index in [1.54, 1.807) is 7.11 Å². The van der Waals surface area contributed by atoms with E-state index < -0.39 is 0 Å². The van der Waals surface area contributed by atoms with E-state index >= 15 is 0 Å². The summed E-state index contributed by atoms with van der Waals surface area (Å²) >= 11 is 1.33. The van der Waals surface area contributed by atoms with Gasteiger partial charge in [-0.15, -0.1) is 11.3 Å². The van der Waals surface area contributed by atoms with E-state index in [1.807, 2.05) is 60.7 Å². The van der Waals surface area contributed by atoms with Crippen molar-refractivity contribution < 1.29 is 14.3 Å². The Morgan fingerprint density at radius 3 is 2.67 bits per heavy atom. The van der Waals surface area contributed by atoms with Gasteiger partial charge in [0.1, 0.15) is 15.5 Å². The number of nitrogens with one attached hydrogen (secondary N) is 1. The van der Waals surface area contributed by atoms with Crippen LogP contribution in [0, 0.1) is 0 Å². The summed E-state index contributed by atoms with van der Waals surface area (Å²) in [7, 11) is 1.64. The van der Waals surface area contributed by atoms with Gasteiger partial charge in [-0.2, -0.15) is 0 Å². The summed E-state index contributed by atoms with van der Waals surface area (Å²) in [5, 5.41) is 3.78.